The molecule has 0 aromatic heterocycles. The zero-order valence-electron chi connectivity index (χ0n) is 17.2. The molecule has 3 aromatic carbocycles. The molecule has 0 aliphatic carbocycles. The van der Waals surface area contributed by atoms with Gasteiger partial charge in [0, 0.05) is 12.0 Å². The summed E-state index contributed by atoms with van der Waals surface area (Å²) < 4.78 is 0. The predicted molar refractivity (Wildman–Crippen MR) is 122 cm³/mol. The minimum absolute atomic E-state index is 0.971. The molecular formula is C28H30. The van der Waals surface area contributed by atoms with Crippen molar-refractivity contribution in [3.8, 4) is 34.1 Å². The highest BCUT2D eigenvalue weighted by atomic mass is 14.2. The lowest BCUT2D eigenvalue weighted by Gasteiger charge is -2.15. The molecule has 0 heteroatoms. The van der Waals surface area contributed by atoms with E-state index in [1.165, 1.54) is 59.1 Å². The van der Waals surface area contributed by atoms with Gasteiger partial charge in [-0.2, -0.15) is 0 Å². The minimum Gasteiger partial charge on any atom is -0.0979 e. The Labute approximate surface area is 170 Å². The van der Waals surface area contributed by atoms with Crippen LogP contribution < -0.4 is 0 Å². The third kappa shape index (κ3) is 5.14. The highest BCUT2D eigenvalue weighted by Crippen LogP contribution is 2.33. The number of hydrogen-bond acceptors (Lipinski definition) is 0. The monoisotopic (exact) mass is 366 g/mol. The molecule has 142 valence electrons. The van der Waals surface area contributed by atoms with Crippen LogP contribution in [0.2, 0.25) is 0 Å². The van der Waals surface area contributed by atoms with E-state index in [0.717, 1.165) is 12.8 Å². The SMILES string of the molecule is CCCCC#Cc1c(CCCC)cc(-c2ccccc2)cc1-c1ccccc1. The second kappa shape index (κ2) is 10.5. The van der Waals surface area contributed by atoms with Crippen molar-refractivity contribution in [3.63, 3.8) is 0 Å². The lowest BCUT2D eigenvalue weighted by Crippen LogP contribution is -1.96. The van der Waals surface area contributed by atoms with Crippen LogP contribution in [0, 0.1) is 11.8 Å². The molecule has 3 rings (SSSR count). The van der Waals surface area contributed by atoms with Crippen LogP contribution in [-0.4, -0.2) is 0 Å². The first kappa shape index (κ1) is 20.0. The first-order chi connectivity index (χ1) is 13.8. The van der Waals surface area contributed by atoms with E-state index in [0.29, 0.717) is 0 Å². The van der Waals surface area contributed by atoms with Crippen molar-refractivity contribution in [3.05, 3.63) is 83.9 Å². The average molecular weight is 367 g/mol. The van der Waals surface area contributed by atoms with Crippen LogP contribution in [0.4, 0.5) is 0 Å². The van der Waals surface area contributed by atoms with E-state index in [1.54, 1.807) is 0 Å². The summed E-state index contributed by atoms with van der Waals surface area (Å²) in [5.41, 5.74) is 7.66. The van der Waals surface area contributed by atoms with Crippen molar-refractivity contribution in [2.75, 3.05) is 0 Å². The largest absolute Gasteiger partial charge is 0.0979 e. The minimum atomic E-state index is 0.971. The van der Waals surface area contributed by atoms with Gasteiger partial charge in [-0.25, -0.2) is 0 Å². The van der Waals surface area contributed by atoms with Gasteiger partial charge >= 0.3 is 0 Å². The molecule has 0 nitrogen and oxygen atoms in total. The summed E-state index contributed by atoms with van der Waals surface area (Å²) in [6.07, 6.45) is 6.79. The van der Waals surface area contributed by atoms with Crippen molar-refractivity contribution < 1.29 is 0 Å². The number of benzene rings is 3. The fraction of sp³-hybridized carbons (Fsp3) is 0.286. The van der Waals surface area contributed by atoms with Crippen LogP contribution in [0.3, 0.4) is 0 Å². The van der Waals surface area contributed by atoms with E-state index in [-0.39, 0.29) is 0 Å². The molecule has 0 heterocycles. The number of hydrogen-bond donors (Lipinski definition) is 0. The summed E-state index contributed by atoms with van der Waals surface area (Å²) in [5.74, 6) is 6.99. The fourth-order valence-corrected chi connectivity index (χ4v) is 3.47. The normalized spacial score (nSPS) is 10.4. The zero-order valence-corrected chi connectivity index (χ0v) is 17.2. The van der Waals surface area contributed by atoms with Crippen molar-refractivity contribution in [2.45, 2.75) is 52.4 Å². The molecule has 0 amide bonds. The third-order valence-electron chi connectivity index (χ3n) is 5.08. The highest BCUT2D eigenvalue weighted by molar-refractivity contribution is 5.80. The van der Waals surface area contributed by atoms with Gasteiger partial charge in [0.15, 0.2) is 0 Å². The van der Waals surface area contributed by atoms with Gasteiger partial charge in [-0.3, -0.25) is 0 Å². The molecule has 0 atom stereocenters. The Morgan fingerprint density at radius 3 is 1.96 bits per heavy atom. The quantitative estimate of drug-likeness (QED) is 0.294. The Bertz CT molecular complexity index is 924. The van der Waals surface area contributed by atoms with Gasteiger partial charge in [-0.15, -0.1) is 0 Å². The first-order valence-electron chi connectivity index (χ1n) is 10.6. The van der Waals surface area contributed by atoms with Crippen LogP contribution in [0.1, 0.15) is 57.1 Å². The molecule has 0 N–H and O–H groups in total. The number of unbranched alkanes of at least 4 members (excludes halogenated alkanes) is 3. The lowest BCUT2D eigenvalue weighted by atomic mass is 9.89. The van der Waals surface area contributed by atoms with Crippen molar-refractivity contribution in [1.82, 2.24) is 0 Å². The van der Waals surface area contributed by atoms with Crippen molar-refractivity contribution in [1.29, 1.82) is 0 Å². The summed E-state index contributed by atoms with van der Waals surface area (Å²) in [6.45, 7) is 4.48. The molecule has 28 heavy (non-hydrogen) atoms. The van der Waals surface area contributed by atoms with Gasteiger partial charge in [0.05, 0.1) is 0 Å². The van der Waals surface area contributed by atoms with E-state index in [9.17, 15) is 0 Å². The molecule has 0 fully saturated rings. The van der Waals surface area contributed by atoms with Gasteiger partial charge < -0.3 is 0 Å². The van der Waals surface area contributed by atoms with Crippen LogP contribution in [0.5, 0.6) is 0 Å². The molecular weight excluding hydrogens is 336 g/mol. The zero-order chi connectivity index (χ0) is 19.6. The number of rotatable bonds is 7. The summed E-state index contributed by atoms with van der Waals surface area (Å²) >= 11 is 0. The van der Waals surface area contributed by atoms with Gasteiger partial charge in [0.2, 0.25) is 0 Å². The van der Waals surface area contributed by atoms with E-state index in [4.69, 9.17) is 0 Å². The standard InChI is InChI=1S/C28H30/c1-3-5-7-14-20-27-25(15-6-4-2)21-26(23-16-10-8-11-17-23)22-28(27)24-18-12-9-13-19-24/h8-13,16-19,21-22H,3-7,15H2,1-2H3. The van der Waals surface area contributed by atoms with Crippen molar-refractivity contribution >= 4 is 0 Å². The molecule has 0 unspecified atom stereocenters. The smallest absolute Gasteiger partial charge is 0.0356 e. The van der Waals surface area contributed by atoms with Gasteiger partial charge in [0.25, 0.3) is 0 Å². The van der Waals surface area contributed by atoms with Crippen LogP contribution in [0.25, 0.3) is 22.3 Å². The summed E-state index contributed by atoms with van der Waals surface area (Å²) in [4.78, 5) is 0. The first-order valence-corrected chi connectivity index (χ1v) is 10.6. The summed E-state index contributed by atoms with van der Waals surface area (Å²) in [7, 11) is 0. The third-order valence-corrected chi connectivity index (χ3v) is 5.08. The fourth-order valence-electron chi connectivity index (χ4n) is 3.47. The highest BCUT2D eigenvalue weighted by Gasteiger charge is 2.12. The molecule has 3 aromatic rings. The molecule has 0 bridgehead atoms. The molecule has 0 spiro atoms. The van der Waals surface area contributed by atoms with Gasteiger partial charge in [0.1, 0.15) is 0 Å². The van der Waals surface area contributed by atoms with E-state index in [1.807, 2.05) is 0 Å². The maximum atomic E-state index is 3.55. The van der Waals surface area contributed by atoms with Crippen LogP contribution in [-0.2, 0) is 6.42 Å². The predicted octanol–water partition coefficient (Wildman–Crippen LogP) is 7.90. The summed E-state index contributed by atoms with van der Waals surface area (Å²) in [6, 6.07) is 26.1. The maximum absolute atomic E-state index is 3.55. The second-order valence-electron chi connectivity index (χ2n) is 7.30. The topological polar surface area (TPSA) is 0 Å². The Morgan fingerprint density at radius 1 is 0.679 bits per heavy atom. The lowest BCUT2D eigenvalue weighted by molar-refractivity contribution is 0.794. The molecule has 0 aliphatic rings. The van der Waals surface area contributed by atoms with Crippen LogP contribution >= 0.6 is 0 Å². The second-order valence-corrected chi connectivity index (χ2v) is 7.30. The number of aryl methyl sites for hydroxylation is 1. The Hall–Kier alpha value is -2.78. The molecule has 0 radical (unpaired) electrons. The van der Waals surface area contributed by atoms with Crippen LogP contribution in [0.15, 0.2) is 72.8 Å². The molecule has 0 saturated carbocycles. The van der Waals surface area contributed by atoms with E-state index < -0.39 is 0 Å². The Kier molecular flexibility index (Phi) is 7.51. The maximum Gasteiger partial charge on any atom is 0.0356 e. The molecule has 0 saturated heterocycles. The molecule has 0 aliphatic heterocycles. The van der Waals surface area contributed by atoms with E-state index >= 15 is 0 Å². The Balaban J connectivity index is 2.17. The van der Waals surface area contributed by atoms with E-state index in [2.05, 4.69) is 98.5 Å². The average Bonchev–Trinajstić information content (AvgIpc) is 2.76. The van der Waals surface area contributed by atoms with Crippen molar-refractivity contribution in [2.24, 2.45) is 0 Å². The Morgan fingerprint density at radius 2 is 1.32 bits per heavy atom. The summed E-state index contributed by atoms with van der Waals surface area (Å²) in [5, 5.41) is 0. The van der Waals surface area contributed by atoms with Gasteiger partial charge in [-0.1, -0.05) is 99.2 Å². The van der Waals surface area contributed by atoms with Gasteiger partial charge in [-0.05, 0) is 59.2 Å².